The van der Waals surface area contributed by atoms with Gasteiger partial charge in [-0.15, -0.1) is 11.6 Å². The van der Waals surface area contributed by atoms with Crippen molar-refractivity contribution < 1.29 is 33.6 Å². The first kappa shape index (κ1) is 32.2. The standard InChI is InChI=1S/C32H41ClN4O7/c1-31(33)25(23-9-5-4-6-10-23)11-7-13-32(31,44-20-17-36-15-18-42-19-16-36)22-43-30-34-27(40-2)24(28(35-30)41-3)21-37-14-8-12-26(37)29(38)39/h4-7,9-11,13,26H,8,12,14-22H2,1-3H3,(H,38,39)/t26-,31?,32?/m0/s1. The number of hydrogen-bond acceptors (Lipinski definition) is 10. The lowest BCUT2D eigenvalue weighted by Crippen LogP contribution is -2.56. The van der Waals surface area contributed by atoms with Gasteiger partial charge < -0.3 is 28.8 Å². The maximum absolute atomic E-state index is 11.8. The molecule has 1 aromatic heterocycles. The summed E-state index contributed by atoms with van der Waals surface area (Å²) in [6.45, 7) is 7.10. The van der Waals surface area contributed by atoms with E-state index >= 15 is 0 Å². The van der Waals surface area contributed by atoms with Crippen LogP contribution in [0.3, 0.4) is 0 Å². The number of alkyl halides is 1. The number of halogens is 1. The lowest BCUT2D eigenvalue weighted by atomic mass is 9.76. The Hall–Kier alpha value is -3.22. The summed E-state index contributed by atoms with van der Waals surface area (Å²) in [6, 6.07) is 9.43. The van der Waals surface area contributed by atoms with Crippen LogP contribution >= 0.6 is 11.6 Å². The molecule has 2 saturated heterocycles. The summed E-state index contributed by atoms with van der Waals surface area (Å²) < 4.78 is 29.7. The molecule has 2 unspecified atom stereocenters. The number of hydrogen-bond donors (Lipinski definition) is 1. The van der Waals surface area contributed by atoms with Crippen LogP contribution in [0.1, 0.15) is 30.9 Å². The zero-order valence-electron chi connectivity index (χ0n) is 25.5. The fourth-order valence-corrected chi connectivity index (χ4v) is 6.39. The highest BCUT2D eigenvalue weighted by atomic mass is 35.5. The van der Waals surface area contributed by atoms with E-state index in [0.29, 0.717) is 38.3 Å². The van der Waals surface area contributed by atoms with Crippen LogP contribution in [-0.4, -0.2) is 114 Å². The Labute approximate surface area is 263 Å². The van der Waals surface area contributed by atoms with Crippen molar-refractivity contribution in [1.82, 2.24) is 19.8 Å². The number of morpholine rings is 1. The average Bonchev–Trinajstić information content (AvgIpc) is 3.51. The number of carboxylic acids is 1. The quantitative estimate of drug-likeness (QED) is 0.328. The van der Waals surface area contributed by atoms with Crippen molar-refractivity contribution in [3.05, 3.63) is 59.7 Å². The van der Waals surface area contributed by atoms with Crippen molar-refractivity contribution in [3.63, 3.8) is 0 Å². The van der Waals surface area contributed by atoms with Crippen LogP contribution in [0.4, 0.5) is 0 Å². The molecule has 3 atom stereocenters. The SMILES string of the molecule is COc1nc(OCC2(OCCN3CCOCC3)C=CC=C(c3ccccc3)C2(C)Cl)nc(OC)c1CN1CCC[C@H]1C(=O)O. The molecule has 0 spiro atoms. The van der Waals surface area contributed by atoms with Crippen LogP contribution < -0.4 is 14.2 Å². The largest absolute Gasteiger partial charge is 0.481 e. The molecular formula is C32H41ClN4O7. The zero-order valence-corrected chi connectivity index (χ0v) is 26.3. The molecule has 11 nitrogen and oxygen atoms in total. The van der Waals surface area contributed by atoms with Crippen LogP contribution in [-0.2, 0) is 20.8 Å². The van der Waals surface area contributed by atoms with Gasteiger partial charge in [0.1, 0.15) is 23.1 Å². The van der Waals surface area contributed by atoms with Gasteiger partial charge in [-0.2, -0.15) is 9.97 Å². The van der Waals surface area contributed by atoms with E-state index < -0.39 is 22.5 Å². The maximum Gasteiger partial charge on any atom is 0.323 e. The molecule has 0 saturated carbocycles. The first-order chi connectivity index (χ1) is 21.3. The molecule has 1 aliphatic carbocycles. The van der Waals surface area contributed by atoms with E-state index in [1.54, 1.807) is 0 Å². The lowest BCUT2D eigenvalue weighted by molar-refractivity contribution is -0.142. The summed E-state index contributed by atoms with van der Waals surface area (Å²) in [4.78, 5) is 24.0. The van der Waals surface area contributed by atoms with Gasteiger partial charge in [-0.05, 0) is 43.5 Å². The highest BCUT2D eigenvalue weighted by Gasteiger charge is 2.51. The van der Waals surface area contributed by atoms with E-state index in [1.165, 1.54) is 14.2 Å². The second kappa shape index (κ2) is 14.3. The predicted octanol–water partition coefficient (Wildman–Crippen LogP) is 3.66. The smallest absolute Gasteiger partial charge is 0.323 e. The minimum atomic E-state index is -1.08. The summed E-state index contributed by atoms with van der Waals surface area (Å²) >= 11 is 7.46. The van der Waals surface area contributed by atoms with Crippen molar-refractivity contribution >= 4 is 23.1 Å². The van der Waals surface area contributed by atoms with Crippen LogP contribution in [0.25, 0.3) is 5.57 Å². The molecule has 238 valence electrons. The summed E-state index contributed by atoms with van der Waals surface area (Å²) in [7, 11) is 3.00. The van der Waals surface area contributed by atoms with E-state index in [-0.39, 0.29) is 30.9 Å². The van der Waals surface area contributed by atoms with Gasteiger partial charge in [0.05, 0.1) is 39.6 Å². The van der Waals surface area contributed by atoms with E-state index in [9.17, 15) is 9.90 Å². The van der Waals surface area contributed by atoms with Gasteiger partial charge in [0.15, 0.2) is 0 Å². The third kappa shape index (κ3) is 6.87. The molecule has 1 aromatic carbocycles. The molecule has 12 heteroatoms. The average molecular weight is 629 g/mol. The third-order valence-electron chi connectivity index (χ3n) is 8.61. The molecule has 3 aliphatic rings. The third-order valence-corrected chi connectivity index (χ3v) is 9.13. The van der Waals surface area contributed by atoms with Crippen LogP contribution in [0.5, 0.6) is 17.8 Å². The van der Waals surface area contributed by atoms with Gasteiger partial charge in [-0.3, -0.25) is 14.6 Å². The van der Waals surface area contributed by atoms with Crippen LogP contribution in [0.2, 0.25) is 0 Å². The molecule has 2 aromatic rings. The molecule has 2 fully saturated rings. The molecule has 44 heavy (non-hydrogen) atoms. The predicted molar refractivity (Wildman–Crippen MR) is 165 cm³/mol. The monoisotopic (exact) mass is 628 g/mol. The van der Waals surface area contributed by atoms with Gasteiger partial charge >= 0.3 is 12.0 Å². The van der Waals surface area contributed by atoms with E-state index in [2.05, 4.69) is 14.9 Å². The number of carboxylic acid groups (broad SMARTS) is 1. The Morgan fingerprint density at radius 1 is 1.11 bits per heavy atom. The number of allylic oxidation sites excluding steroid dienone is 2. The Kier molecular flexibility index (Phi) is 10.4. The van der Waals surface area contributed by atoms with Crippen LogP contribution in [0, 0.1) is 0 Å². The number of aliphatic carboxylic acids is 1. The maximum atomic E-state index is 11.8. The second-order valence-electron chi connectivity index (χ2n) is 11.3. The summed E-state index contributed by atoms with van der Waals surface area (Å²) in [5.41, 5.74) is 1.37. The van der Waals surface area contributed by atoms with Gasteiger partial charge in [0.25, 0.3) is 0 Å². The number of likely N-dealkylation sites (tertiary alicyclic amines) is 1. The van der Waals surface area contributed by atoms with E-state index in [1.807, 2.05) is 60.4 Å². The lowest BCUT2D eigenvalue weighted by Gasteiger charge is -2.45. The minimum Gasteiger partial charge on any atom is -0.481 e. The van der Waals surface area contributed by atoms with Gasteiger partial charge in [-0.25, -0.2) is 0 Å². The number of carbonyl (C=O) groups is 1. The van der Waals surface area contributed by atoms with Crippen molar-refractivity contribution in [2.75, 3.05) is 66.8 Å². The molecule has 0 amide bonds. The second-order valence-corrected chi connectivity index (χ2v) is 12.0. The van der Waals surface area contributed by atoms with Gasteiger partial charge in [-0.1, -0.05) is 42.5 Å². The highest BCUT2D eigenvalue weighted by Crippen LogP contribution is 2.47. The topological polar surface area (TPSA) is 116 Å². The number of aromatic nitrogens is 2. The van der Waals surface area contributed by atoms with Gasteiger partial charge in [0, 0.05) is 26.2 Å². The molecule has 2 aliphatic heterocycles. The molecule has 3 heterocycles. The summed E-state index contributed by atoms with van der Waals surface area (Å²) in [5.74, 6) is -0.348. The Bertz CT molecular complexity index is 1320. The molecular weight excluding hydrogens is 588 g/mol. The molecule has 0 bridgehead atoms. The first-order valence-electron chi connectivity index (χ1n) is 14.9. The normalized spacial score (nSPS) is 25.9. The molecule has 0 radical (unpaired) electrons. The fraction of sp³-hybridized carbons (Fsp3) is 0.531. The number of nitrogens with zero attached hydrogens (tertiary/aromatic N) is 4. The Balaban J connectivity index is 1.40. The van der Waals surface area contributed by atoms with Crippen molar-refractivity contribution in [1.29, 1.82) is 0 Å². The van der Waals surface area contributed by atoms with Crippen LogP contribution in [0.15, 0.2) is 48.6 Å². The molecule has 1 N–H and O–H groups in total. The summed E-state index contributed by atoms with van der Waals surface area (Å²) in [6.07, 6.45) is 7.27. The van der Waals surface area contributed by atoms with Crippen molar-refractivity contribution in [3.8, 4) is 17.8 Å². The minimum absolute atomic E-state index is 0.00958. The first-order valence-corrected chi connectivity index (χ1v) is 15.3. The Morgan fingerprint density at radius 2 is 1.82 bits per heavy atom. The number of methoxy groups -OCH3 is 2. The number of ether oxygens (including phenoxy) is 5. The van der Waals surface area contributed by atoms with Crippen molar-refractivity contribution in [2.24, 2.45) is 0 Å². The van der Waals surface area contributed by atoms with E-state index in [0.717, 1.165) is 37.2 Å². The van der Waals surface area contributed by atoms with Gasteiger partial charge in [0.2, 0.25) is 11.8 Å². The van der Waals surface area contributed by atoms with Crippen molar-refractivity contribution in [2.45, 2.75) is 42.8 Å². The molecule has 5 rings (SSSR count). The summed E-state index contributed by atoms with van der Waals surface area (Å²) in [5, 5.41) is 9.65. The highest BCUT2D eigenvalue weighted by molar-refractivity contribution is 6.31. The Morgan fingerprint density at radius 3 is 2.48 bits per heavy atom. The zero-order chi connectivity index (χ0) is 31.2. The number of benzene rings is 1. The fourth-order valence-electron chi connectivity index (χ4n) is 6.05. The van der Waals surface area contributed by atoms with E-state index in [4.69, 9.17) is 35.3 Å². The number of rotatable bonds is 13.